The van der Waals surface area contributed by atoms with Gasteiger partial charge in [0.15, 0.2) is 5.76 Å². The number of nitrogens with zero attached hydrogens (tertiary/aromatic N) is 1. The van der Waals surface area contributed by atoms with E-state index >= 15 is 0 Å². The van der Waals surface area contributed by atoms with Gasteiger partial charge in [0.1, 0.15) is 5.76 Å². The Kier molecular flexibility index (Phi) is 5.61. The zero-order chi connectivity index (χ0) is 19.7. The molecule has 1 aliphatic rings. The summed E-state index contributed by atoms with van der Waals surface area (Å²) in [5, 5.41) is 16.2. The van der Waals surface area contributed by atoms with Gasteiger partial charge in [-0.2, -0.15) is 0 Å². The van der Waals surface area contributed by atoms with E-state index in [4.69, 9.17) is 16.0 Å². The second kappa shape index (κ2) is 7.77. The molecular formula is C21H25ClN2O3. The van der Waals surface area contributed by atoms with Gasteiger partial charge in [-0.25, -0.2) is 0 Å². The van der Waals surface area contributed by atoms with Crippen molar-refractivity contribution in [2.75, 3.05) is 5.32 Å². The van der Waals surface area contributed by atoms with Crippen LogP contribution in [0.2, 0.25) is 5.02 Å². The number of furan rings is 1. The molecular weight excluding hydrogens is 364 g/mol. The van der Waals surface area contributed by atoms with Crippen molar-refractivity contribution in [2.24, 2.45) is 5.16 Å². The fourth-order valence-corrected chi connectivity index (χ4v) is 3.97. The van der Waals surface area contributed by atoms with Crippen molar-refractivity contribution >= 4 is 28.9 Å². The molecule has 2 N–H and O–H groups in total. The molecule has 6 heteroatoms. The Morgan fingerprint density at radius 3 is 2.59 bits per heavy atom. The molecule has 2 aromatic rings. The minimum Gasteiger partial charge on any atom is -0.455 e. The second-order valence-electron chi connectivity index (χ2n) is 7.54. The molecule has 3 rings (SSSR count). The summed E-state index contributed by atoms with van der Waals surface area (Å²) in [6.07, 6.45) is 2.24. The van der Waals surface area contributed by atoms with Gasteiger partial charge in [0.25, 0.3) is 5.91 Å². The number of amides is 1. The predicted molar refractivity (Wildman–Crippen MR) is 108 cm³/mol. The molecule has 144 valence electrons. The van der Waals surface area contributed by atoms with Gasteiger partial charge in [-0.15, -0.1) is 0 Å². The number of anilines is 1. The van der Waals surface area contributed by atoms with Crippen molar-refractivity contribution in [3.63, 3.8) is 0 Å². The minimum absolute atomic E-state index is 0.157. The lowest BCUT2D eigenvalue weighted by Gasteiger charge is -2.21. The maximum absolute atomic E-state index is 12.9. The molecule has 1 amide bonds. The van der Waals surface area contributed by atoms with Crippen LogP contribution < -0.4 is 5.32 Å². The summed E-state index contributed by atoms with van der Waals surface area (Å²) in [6.45, 7) is 8.27. The SMILES string of the molecule is CC(C)c1ccc(Cl)c(C(C)C)c1NC(=O)c1cc2c(o1)CCC/C2=N/O. The first-order valence-electron chi connectivity index (χ1n) is 9.31. The number of hydrogen-bond donors (Lipinski definition) is 2. The van der Waals surface area contributed by atoms with Crippen LogP contribution >= 0.6 is 11.6 Å². The van der Waals surface area contributed by atoms with Crippen LogP contribution in [0.1, 0.15) is 85.4 Å². The highest BCUT2D eigenvalue weighted by Gasteiger charge is 2.25. The number of aryl methyl sites for hydroxylation is 1. The van der Waals surface area contributed by atoms with E-state index < -0.39 is 0 Å². The standard InChI is InChI=1S/C21H25ClN2O3/c1-11(2)13-8-9-15(22)19(12(3)4)20(13)23-21(25)18-10-14-16(24-26)6-5-7-17(14)27-18/h8-12,26H,5-7H2,1-4H3,(H,23,25)/b24-16-. The van der Waals surface area contributed by atoms with Gasteiger partial charge in [0, 0.05) is 22.7 Å². The molecule has 0 unspecified atom stereocenters. The van der Waals surface area contributed by atoms with Crippen molar-refractivity contribution in [3.05, 3.63) is 51.4 Å². The maximum atomic E-state index is 12.9. The van der Waals surface area contributed by atoms with Gasteiger partial charge in [-0.1, -0.05) is 50.5 Å². The summed E-state index contributed by atoms with van der Waals surface area (Å²) in [7, 11) is 0. The van der Waals surface area contributed by atoms with Crippen LogP contribution in [0.3, 0.4) is 0 Å². The summed E-state index contributed by atoms with van der Waals surface area (Å²) in [5.74, 6) is 0.969. The fourth-order valence-electron chi connectivity index (χ4n) is 3.60. The molecule has 0 saturated heterocycles. The predicted octanol–water partition coefficient (Wildman–Crippen LogP) is 5.95. The molecule has 27 heavy (non-hydrogen) atoms. The summed E-state index contributed by atoms with van der Waals surface area (Å²) >= 11 is 6.43. The number of oxime groups is 1. The number of nitrogens with one attached hydrogen (secondary N) is 1. The minimum atomic E-state index is -0.326. The van der Waals surface area contributed by atoms with Crippen LogP contribution in [0, 0.1) is 0 Å². The second-order valence-corrected chi connectivity index (χ2v) is 7.94. The Balaban J connectivity index is 2.00. The van der Waals surface area contributed by atoms with E-state index in [9.17, 15) is 10.0 Å². The Morgan fingerprint density at radius 1 is 1.22 bits per heavy atom. The van der Waals surface area contributed by atoms with E-state index in [1.54, 1.807) is 6.07 Å². The first kappa shape index (κ1) is 19.5. The van der Waals surface area contributed by atoms with Gasteiger partial charge in [0.05, 0.1) is 5.71 Å². The number of carbonyl (C=O) groups is 1. The van der Waals surface area contributed by atoms with E-state index in [2.05, 4.69) is 38.2 Å². The average molecular weight is 389 g/mol. The summed E-state index contributed by atoms with van der Waals surface area (Å²) in [4.78, 5) is 12.9. The van der Waals surface area contributed by atoms with Crippen LogP contribution in [0.4, 0.5) is 5.69 Å². The van der Waals surface area contributed by atoms with E-state index in [1.807, 2.05) is 12.1 Å². The number of rotatable bonds is 4. The van der Waals surface area contributed by atoms with Gasteiger partial charge < -0.3 is 14.9 Å². The fraction of sp³-hybridized carbons (Fsp3) is 0.429. The van der Waals surface area contributed by atoms with E-state index in [0.717, 1.165) is 29.7 Å². The normalized spacial score (nSPS) is 15.4. The van der Waals surface area contributed by atoms with Crippen molar-refractivity contribution in [1.29, 1.82) is 0 Å². The summed E-state index contributed by atoms with van der Waals surface area (Å²) in [5.41, 5.74) is 3.99. The lowest BCUT2D eigenvalue weighted by molar-refractivity contribution is 0.0994. The van der Waals surface area contributed by atoms with E-state index in [1.165, 1.54) is 0 Å². The molecule has 1 aromatic heterocycles. The average Bonchev–Trinajstić information content (AvgIpc) is 3.05. The molecule has 0 atom stereocenters. The molecule has 0 aliphatic heterocycles. The lowest BCUT2D eigenvalue weighted by Crippen LogP contribution is -2.15. The molecule has 1 aliphatic carbocycles. The third-order valence-electron chi connectivity index (χ3n) is 4.94. The zero-order valence-corrected chi connectivity index (χ0v) is 16.9. The molecule has 0 bridgehead atoms. The van der Waals surface area contributed by atoms with Gasteiger partial charge in [0.2, 0.25) is 0 Å². The molecule has 0 saturated carbocycles. The van der Waals surface area contributed by atoms with E-state index in [-0.39, 0.29) is 23.5 Å². The zero-order valence-electron chi connectivity index (χ0n) is 16.1. The van der Waals surface area contributed by atoms with Crippen LogP contribution in [0.25, 0.3) is 0 Å². The molecule has 1 heterocycles. The Labute approximate surface area is 164 Å². The first-order valence-corrected chi connectivity index (χ1v) is 9.68. The number of benzene rings is 1. The Bertz CT molecular complexity index is 897. The van der Waals surface area contributed by atoms with E-state index in [0.29, 0.717) is 28.5 Å². The van der Waals surface area contributed by atoms with Crippen LogP contribution in [0.5, 0.6) is 0 Å². The van der Waals surface area contributed by atoms with Crippen LogP contribution in [0.15, 0.2) is 27.8 Å². The Hall–Kier alpha value is -2.27. The number of halogens is 1. The van der Waals surface area contributed by atoms with Crippen LogP contribution in [-0.4, -0.2) is 16.8 Å². The monoisotopic (exact) mass is 388 g/mol. The number of fused-ring (bicyclic) bond motifs is 1. The van der Waals surface area contributed by atoms with Gasteiger partial charge in [-0.05, 0) is 47.9 Å². The highest BCUT2D eigenvalue weighted by Crippen LogP contribution is 2.38. The molecule has 0 fully saturated rings. The largest absolute Gasteiger partial charge is 0.455 e. The molecule has 5 nitrogen and oxygen atoms in total. The van der Waals surface area contributed by atoms with Gasteiger partial charge >= 0.3 is 0 Å². The third kappa shape index (κ3) is 3.74. The molecule has 0 spiro atoms. The molecule has 1 aromatic carbocycles. The lowest BCUT2D eigenvalue weighted by atomic mass is 9.92. The van der Waals surface area contributed by atoms with Crippen LogP contribution in [-0.2, 0) is 6.42 Å². The topological polar surface area (TPSA) is 74.8 Å². The highest BCUT2D eigenvalue weighted by atomic mass is 35.5. The van der Waals surface area contributed by atoms with Crippen molar-refractivity contribution in [2.45, 2.75) is 58.8 Å². The molecule has 0 radical (unpaired) electrons. The maximum Gasteiger partial charge on any atom is 0.291 e. The number of carbonyl (C=O) groups excluding carboxylic acids is 1. The van der Waals surface area contributed by atoms with Gasteiger partial charge in [-0.3, -0.25) is 4.79 Å². The van der Waals surface area contributed by atoms with Crippen molar-refractivity contribution < 1.29 is 14.4 Å². The number of hydrogen-bond acceptors (Lipinski definition) is 4. The smallest absolute Gasteiger partial charge is 0.291 e. The first-order chi connectivity index (χ1) is 12.8. The highest BCUT2D eigenvalue weighted by molar-refractivity contribution is 6.32. The Morgan fingerprint density at radius 2 is 1.96 bits per heavy atom. The quantitative estimate of drug-likeness (QED) is 0.502. The summed E-state index contributed by atoms with van der Waals surface area (Å²) in [6, 6.07) is 5.50. The van der Waals surface area contributed by atoms with Crippen molar-refractivity contribution in [3.8, 4) is 0 Å². The third-order valence-corrected chi connectivity index (χ3v) is 5.27. The van der Waals surface area contributed by atoms with Crippen molar-refractivity contribution in [1.82, 2.24) is 0 Å². The summed E-state index contributed by atoms with van der Waals surface area (Å²) < 4.78 is 5.77.